The number of hydrogen-bond donors (Lipinski definition) is 0. The highest BCUT2D eigenvalue weighted by molar-refractivity contribution is 7.25. The molecule has 0 spiro atoms. The zero-order valence-corrected chi connectivity index (χ0v) is 30.7. The SMILES string of the molecule is c1ccc2cc(-c3nc(-c4ccc(-c5cccc6oc7cc8ccccc8cc7c56)c5ccccc45)nc(-c4cccc5sc6ccccc6c45)n3)ccc2c1. The zero-order valence-electron chi connectivity index (χ0n) is 29.9. The fourth-order valence-electron chi connectivity index (χ4n) is 8.50. The maximum Gasteiger partial charge on any atom is 0.164 e. The van der Waals surface area contributed by atoms with Gasteiger partial charge in [-0.05, 0) is 85.9 Å². The van der Waals surface area contributed by atoms with Crippen molar-refractivity contribution in [2.75, 3.05) is 0 Å². The molecule has 56 heavy (non-hydrogen) atoms. The highest BCUT2D eigenvalue weighted by atomic mass is 32.1. The van der Waals surface area contributed by atoms with Crippen molar-refractivity contribution in [3.63, 3.8) is 0 Å². The van der Waals surface area contributed by atoms with Gasteiger partial charge in [0.05, 0.1) is 0 Å². The van der Waals surface area contributed by atoms with E-state index in [-0.39, 0.29) is 0 Å². The van der Waals surface area contributed by atoms with Crippen LogP contribution < -0.4 is 0 Å². The number of furan rings is 1. The average Bonchev–Trinajstić information content (AvgIpc) is 3.83. The molecule has 0 aliphatic carbocycles. The highest BCUT2D eigenvalue weighted by Crippen LogP contribution is 2.43. The molecule has 4 nitrogen and oxygen atoms in total. The van der Waals surface area contributed by atoms with Crippen LogP contribution >= 0.6 is 11.3 Å². The van der Waals surface area contributed by atoms with Crippen molar-refractivity contribution in [2.24, 2.45) is 0 Å². The Kier molecular flexibility index (Phi) is 6.76. The molecule has 12 aromatic rings. The predicted molar refractivity (Wildman–Crippen MR) is 234 cm³/mol. The van der Waals surface area contributed by atoms with Crippen LogP contribution in [0.1, 0.15) is 0 Å². The predicted octanol–water partition coefficient (Wildman–Crippen LogP) is 14.3. The van der Waals surface area contributed by atoms with E-state index in [1.165, 1.54) is 36.3 Å². The number of fused-ring (bicyclic) bond motifs is 9. The summed E-state index contributed by atoms with van der Waals surface area (Å²) in [5.41, 5.74) is 6.92. The lowest BCUT2D eigenvalue weighted by Crippen LogP contribution is -2.01. The molecule has 0 saturated heterocycles. The summed E-state index contributed by atoms with van der Waals surface area (Å²) < 4.78 is 8.94. The average molecular weight is 732 g/mol. The van der Waals surface area contributed by atoms with Gasteiger partial charge >= 0.3 is 0 Å². The Bertz CT molecular complexity index is 3560. The van der Waals surface area contributed by atoms with Gasteiger partial charge in [-0.3, -0.25) is 0 Å². The van der Waals surface area contributed by atoms with Crippen LogP contribution in [0.5, 0.6) is 0 Å². The topological polar surface area (TPSA) is 51.8 Å². The Balaban J connectivity index is 1.10. The minimum Gasteiger partial charge on any atom is -0.456 e. The van der Waals surface area contributed by atoms with E-state index in [1.807, 2.05) is 0 Å². The molecule has 0 aliphatic rings. The molecule has 3 heterocycles. The monoisotopic (exact) mass is 731 g/mol. The lowest BCUT2D eigenvalue weighted by atomic mass is 9.92. The maximum atomic E-state index is 6.49. The molecule has 5 heteroatoms. The van der Waals surface area contributed by atoms with Crippen LogP contribution in [0.3, 0.4) is 0 Å². The third kappa shape index (κ3) is 4.81. The zero-order chi connectivity index (χ0) is 36.7. The Labute approximate surface area is 325 Å². The Morgan fingerprint density at radius 2 is 0.946 bits per heavy atom. The largest absolute Gasteiger partial charge is 0.456 e. The summed E-state index contributed by atoms with van der Waals surface area (Å²) >= 11 is 1.80. The van der Waals surface area contributed by atoms with Crippen LogP contribution in [0.15, 0.2) is 180 Å². The number of aromatic nitrogens is 3. The summed E-state index contributed by atoms with van der Waals surface area (Å²) in [6.07, 6.45) is 0. The smallest absolute Gasteiger partial charge is 0.164 e. The Morgan fingerprint density at radius 3 is 1.79 bits per heavy atom. The first kappa shape index (κ1) is 31.2. The van der Waals surface area contributed by atoms with Gasteiger partial charge in [-0.25, -0.2) is 15.0 Å². The first-order valence-electron chi connectivity index (χ1n) is 18.8. The molecule has 0 N–H and O–H groups in total. The Hall–Kier alpha value is -7.21. The number of benzene rings is 9. The number of nitrogens with zero attached hydrogens (tertiary/aromatic N) is 3. The van der Waals surface area contributed by atoms with Crippen molar-refractivity contribution in [1.29, 1.82) is 0 Å². The summed E-state index contributed by atoms with van der Waals surface area (Å²) in [7, 11) is 0. The molecule has 0 atom stereocenters. The van der Waals surface area contributed by atoms with E-state index < -0.39 is 0 Å². The lowest BCUT2D eigenvalue weighted by molar-refractivity contribution is 0.669. The second kappa shape index (κ2) is 12.2. The summed E-state index contributed by atoms with van der Waals surface area (Å²) in [6, 6.07) is 62.1. The number of hydrogen-bond acceptors (Lipinski definition) is 5. The summed E-state index contributed by atoms with van der Waals surface area (Å²) in [5, 5.41) is 11.5. The Morgan fingerprint density at radius 1 is 0.339 bits per heavy atom. The van der Waals surface area contributed by atoms with E-state index in [0.29, 0.717) is 17.5 Å². The van der Waals surface area contributed by atoms with Crippen LogP contribution in [0, 0.1) is 0 Å². The fraction of sp³-hybridized carbons (Fsp3) is 0. The maximum absolute atomic E-state index is 6.49. The third-order valence-electron chi connectivity index (χ3n) is 11.1. The van der Waals surface area contributed by atoms with Gasteiger partial charge in [-0.15, -0.1) is 11.3 Å². The second-order valence-corrected chi connectivity index (χ2v) is 15.4. The molecule has 0 unspecified atom stereocenters. The highest BCUT2D eigenvalue weighted by Gasteiger charge is 2.20. The molecule has 3 aromatic heterocycles. The van der Waals surface area contributed by atoms with E-state index in [9.17, 15) is 0 Å². The summed E-state index contributed by atoms with van der Waals surface area (Å²) in [5.74, 6) is 1.93. The molecular formula is C51H29N3OS. The van der Waals surface area contributed by atoms with Gasteiger partial charge in [-0.2, -0.15) is 0 Å². The molecule has 0 saturated carbocycles. The molecule has 12 rings (SSSR count). The summed E-state index contributed by atoms with van der Waals surface area (Å²) in [4.78, 5) is 15.8. The van der Waals surface area contributed by atoms with Crippen LogP contribution in [0.4, 0.5) is 0 Å². The third-order valence-corrected chi connectivity index (χ3v) is 12.2. The van der Waals surface area contributed by atoms with Crippen molar-refractivity contribution in [3.05, 3.63) is 176 Å². The van der Waals surface area contributed by atoms with Crippen molar-refractivity contribution >= 4 is 85.8 Å². The standard InChI is InChI=1S/C51H29N3OS/c1-2-12-31-27-34(24-23-30(31)11-1)49-52-50(54-51(53-49)41-19-10-22-46-48(41)40-17-7-8-21-45(40)56-46)39-26-25-37(35-15-5-6-16-36(35)39)38-18-9-20-43-47(38)42-28-32-13-3-4-14-33(32)29-44(42)55-43/h1-29H. The quantitative estimate of drug-likeness (QED) is 0.181. The van der Waals surface area contributed by atoms with Crippen molar-refractivity contribution in [3.8, 4) is 45.3 Å². The van der Waals surface area contributed by atoms with Crippen LogP contribution in [0.2, 0.25) is 0 Å². The molecule has 0 bridgehead atoms. The first-order chi connectivity index (χ1) is 27.7. The number of thiophene rings is 1. The molecule has 0 radical (unpaired) electrons. The van der Waals surface area contributed by atoms with Crippen LogP contribution in [-0.2, 0) is 0 Å². The van der Waals surface area contributed by atoms with Gasteiger partial charge in [0, 0.05) is 47.6 Å². The normalized spacial score (nSPS) is 11.9. The van der Waals surface area contributed by atoms with Gasteiger partial charge in [0.25, 0.3) is 0 Å². The van der Waals surface area contributed by atoms with Gasteiger partial charge in [0.15, 0.2) is 17.5 Å². The molecule has 260 valence electrons. The van der Waals surface area contributed by atoms with Gasteiger partial charge in [0.1, 0.15) is 11.2 Å². The molecule has 0 aliphatic heterocycles. The van der Waals surface area contributed by atoms with Gasteiger partial charge in [0.2, 0.25) is 0 Å². The van der Waals surface area contributed by atoms with Gasteiger partial charge < -0.3 is 4.42 Å². The van der Waals surface area contributed by atoms with E-state index in [1.54, 1.807) is 11.3 Å². The van der Waals surface area contributed by atoms with Crippen molar-refractivity contribution in [2.45, 2.75) is 0 Å². The fourth-order valence-corrected chi connectivity index (χ4v) is 9.63. The molecular weight excluding hydrogens is 703 g/mol. The van der Waals surface area contributed by atoms with Crippen molar-refractivity contribution in [1.82, 2.24) is 15.0 Å². The van der Waals surface area contributed by atoms with E-state index in [2.05, 4.69) is 176 Å². The van der Waals surface area contributed by atoms with E-state index >= 15 is 0 Å². The minimum atomic E-state index is 0.635. The minimum absolute atomic E-state index is 0.635. The van der Waals surface area contributed by atoms with Crippen LogP contribution in [-0.4, -0.2) is 15.0 Å². The first-order valence-corrected chi connectivity index (χ1v) is 19.6. The lowest BCUT2D eigenvalue weighted by Gasteiger charge is -2.14. The second-order valence-electron chi connectivity index (χ2n) is 14.3. The van der Waals surface area contributed by atoms with Crippen LogP contribution in [0.25, 0.3) is 120 Å². The van der Waals surface area contributed by atoms with E-state index in [0.717, 1.165) is 65.9 Å². The van der Waals surface area contributed by atoms with Gasteiger partial charge in [-0.1, -0.05) is 133 Å². The summed E-state index contributed by atoms with van der Waals surface area (Å²) in [6.45, 7) is 0. The molecule has 0 amide bonds. The van der Waals surface area contributed by atoms with E-state index in [4.69, 9.17) is 19.4 Å². The molecule has 9 aromatic carbocycles. The molecule has 0 fully saturated rings. The van der Waals surface area contributed by atoms with Crippen molar-refractivity contribution < 1.29 is 4.42 Å². The number of rotatable bonds is 4.